The van der Waals surface area contributed by atoms with Gasteiger partial charge in [-0.1, -0.05) is 46.8 Å². The van der Waals surface area contributed by atoms with Crippen LogP contribution in [0.25, 0.3) is 0 Å². The second-order valence-electron chi connectivity index (χ2n) is 6.79. The first-order valence-electron chi connectivity index (χ1n) is 7.38. The molecule has 2 nitrogen and oxygen atoms in total. The summed E-state index contributed by atoms with van der Waals surface area (Å²) >= 11 is 0. The minimum Gasteiger partial charge on any atom is -0.372 e. The van der Waals surface area contributed by atoms with Crippen molar-refractivity contribution in [2.45, 2.75) is 53.2 Å². The Morgan fingerprint density at radius 1 is 1.25 bits per heavy atom. The summed E-state index contributed by atoms with van der Waals surface area (Å²) < 4.78 is 19.3. The number of hydrogen-bond donors (Lipinski definition) is 1. The number of hydrogen-bond acceptors (Lipinski definition) is 2. The van der Waals surface area contributed by atoms with Gasteiger partial charge in [0.15, 0.2) is 0 Å². The summed E-state index contributed by atoms with van der Waals surface area (Å²) in [6.45, 7) is 12.2. The maximum atomic E-state index is 13.4. The normalized spacial score (nSPS) is 13.8. The molecule has 3 heteroatoms. The summed E-state index contributed by atoms with van der Waals surface area (Å²) in [5, 5.41) is 3.36. The van der Waals surface area contributed by atoms with Gasteiger partial charge in [0, 0.05) is 19.2 Å². The van der Waals surface area contributed by atoms with E-state index in [0.717, 1.165) is 12.0 Å². The first-order valence-corrected chi connectivity index (χ1v) is 7.38. The Bertz CT molecular complexity index is 398. The van der Waals surface area contributed by atoms with Gasteiger partial charge in [-0.25, -0.2) is 4.39 Å². The van der Waals surface area contributed by atoms with E-state index in [2.05, 4.69) is 39.9 Å². The van der Waals surface area contributed by atoms with E-state index >= 15 is 0 Å². The molecule has 0 fully saturated rings. The molecule has 1 aromatic carbocycles. The van der Waals surface area contributed by atoms with Crippen molar-refractivity contribution in [3.05, 3.63) is 35.6 Å². The Balaban J connectivity index is 2.65. The Labute approximate surface area is 122 Å². The number of nitrogens with one attached hydrogen (secondary N) is 1. The molecule has 20 heavy (non-hydrogen) atoms. The molecule has 1 rings (SSSR count). The highest BCUT2D eigenvalue weighted by molar-refractivity contribution is 5.19. The monoisotopic (exact) mass is 281 g/mol. The van der Waals surface area contributed by atoms with Crippen molar-refractivity contribution >= 4 is 0 Å². The van der Waals surface area contributed by atoms with Crippen LogP contribution < -0.4 is 5.32 Å². The van der Waals surface area contributed by atoms with Crippen LogP contribution in [0.4, 0.5) is 4.39 Å². The summed E-state index contributed by atoms with van der Waals surface area (Å²) in [6, 6.07) is 7.07. The second kappa shape index (κ2) is 7.75. The van der Waals surface area contributed by atoms with Gasteiger partial charge in [-0.15, -0.1) is 0 Å². The van der Waals surface area contributed by atoms with Gasteiger partial charge in [-0.05, 0) is 29.5 Å². The van der Waals surface area contributed by atoms with E-state index < -0.39 is 0 Å². The van der Waals surface area contributed by atoms with Crippen molar-refractivity contribution < 1.29 is 9.13 Å². The highest BCUT2D eigenvalue weighted by Gasteiger charge is 2.16. The average Bonchev–Trinajstić information content (AvgIpc) is 2.31. The van der Waals surface area contributed by atoms with E-state index in [0.29, 0.717) is 19.2 Å². The summed E-state index contributed by atoms with van der Waals surface area (Å²) in [5.41, 5.74) is 1.14. The summed E-state index contributed by atoms with van der Waals surface area (Å²) in [4.78, 5) is 0. The Hall–Kier alpha value is -0.930. The topological polar surface area (TPSA) is 21.3 Å². The fourth-order valence-corrected chi connectivity index (χ4v) is 1.83. The second-order valence-corrected chi connectivity index (χ2v) is 6.79. The maximum Gasteiger partial charge on any atom is 0.123 e. The minimum atomic E-state index is -0.212. The molecule has 0 spiro atoms. The zero-order valence-corrected chi connectivity index (χ0v) is 13.4. The van der Waals surface area contributed by atoms with E-state index in [9.17, 15) is 4.39 Å². The lowest BCUT2D eigenvalue weighted by molar-refractivity contribution is 0.0357. The third-order valence-electron chi connectivity index (χ3n) is 3.10. The van der Waals surface area contributed by atoms with Crippen LogP contribution in [0.1, 0.15) is 52.7 Å². The molecule has 0 saturated heterocycles. The standard InChI is InChI=1S/C17H28FNO/c1-13(2)19-12-16(20-10-9-17(3,4)5)14-7-6-8-15(18)11-14/h6-8,11,13,16,19H,9-10,12H2,1-5H3. The van der Waals surface area contributed by atoms with E-state index in [4.69, 9.17) is 4.74 Å². The predicted octanol–water partition coefficient (Wildman–Crippen LogP) is 4.32. The molecule has 0 aliphatic rings. The molecular weight excluding hydrogens is 253 g/mol. The highest BCUT2D eigenvalue weighted by Crippen LogP contribution is 2.22. The van der Waals surface area contributed by atoms with Crippen LogP contribution in [0.15, 0.2) is 24.3 Å². The van der Waals surface area contributed by atoms with Crippen molar-refractivity contribution in [2.75, 3.05) is 13.2 Å². The van der Waals surface area contributed by atoms with Crippen LogP contribution in [0.3, 0.4) is 0 Å². The summed E-state index contributed by atoms with van der Waals surface area (Å²) in [5.74, 6) is -0.212. The van der Waals surface area contributed by atoms with Gasteiger partial charge >= 0.3 is 0 Å². The molecule has 1 aromatic rings. The number of rotatable bonds is 7. The zero-order chi connectivity index (χ0) is 15.2. The number of halogens is 1. The number of benzene rings is 1. The van der Waals surface area contributed by atoms with Crippen molar-refractivity contribution in [1.82, 2.24) is 5.32 Å². The Kier molecular flexibility index (Phi) is 6.63. The number of ether oxygens (including phenoxy) is 1. The van der Waals surface area contributed by atoms with Crippen LogP contribution >= 0.6 is 0 Å². The summed E-state index contributed by atoms with van der Waals surface area (Å²) in [6.07, 6.45) is 0.885. The lowest BCUT2D eigenvalue weighted by Crippen LogP contribution is -2.29. The SMILES string of the molecule is CC(C)NCC(OCCC(C)(C)C)c1cccc(F)c1. The lowest BCUT2D eigenvalue weighted by Gasteiger charge is -2.23. The van der Waals surface area contributed by atoms with Gasteiger partial charge < -0.3 is 10.1 Å². The molecule has 0 aromatic heterocycles. The summed E-state index contributed by atoms with van der Waals surface area (Å²) in [7, 11) is 0. The average molecular weight is 281 g/mol. The van der Waals surface area contributed by atoms with Crippen LogP contribution in [-0.2, 0) is 4.74 Å². The highest BCUT2D eigenvalue weighted by atomic mass is 19.1. The minimum absolute atomic E-state index is 0.101. The molecule has 0 radical (unpaired) electrons. The van der Waals surface area contributed by atoms with Gasteiger partial charge in [0.2, 0.25) is 0 Å². The van der Waals surface area contributed by atoms with E-state index in [-0.39, 0.29) is 17.3 Å². The molecule has 0 amide bonds. The van der Waals surface area contributed by atoms with Crippen LogP contribution in [0.5, 0.6) is 0 Å². The van der Waals surface area contributed by atoms with Crippen LogP contribution in [0.2, 0.25) is 0 Å². The van der Waals surface area contributed by atoms with Gasteiger partial charge in [-0.3, -0.25) is 0 Å². The van der Waals surface area contributed by atoms with E-state index in [1.165, 1.54) is 6.07 Å². The molecule has 0 aliphatic carbocycles. The van der Waals surface area contributed by atoms with Gasteiger partial charge in [0.05, 0.1) is 6.10 Å². The lowest BCUT2D eigenvalue weighted by atomic mass is 9.93. The molecule has 0 heterocycles. The fourth-order valence-electron chi connectivity index (χ4n) is 1.83. The molecule has 1 unspecified atom stereocenters. The largest absolute Gasteiger partial charge is 0.372 e. The van der Waals surface area contributed by atoms with E-state index in [1.807, 2.05) is 6.07 Å². The van der Waals surface area contributed by atoms with Gasteiger partial charge in [0.1, 0.15) is 5.82 Å². The van der Waals surface area contributed by atoms with Gasteiger partial charge in [0.25, 0.3) is 0 Å². The molecule has 114 valence electrons. The third kappa shape index (κ3) is 7.01. The molecule has 0 saturated carbocycles. The third-order valence-corrected chi connectivity index (χ3v) is 3.10. The molecule has 0 bridgehead atoms. The maximum absolute atomic E-state index is 13.4. The zero-order valence-electron chi connectivity index (χ0n) is 13.4. The fraction of sp³-hybridized carbons (Fsp3) is 0.647. The van der Waals surface area contributed by atoms with Crippen molar-refractivity contribution in [3.8, 4) is 0 Å². The van der Waals surface area contributed by atoms with E-state index in [1.54, 1.807) is 12.1 Å². The molecular formula is C17H28FNO. The molecule has 0 aliphatic heterocycles. The Morgan fingerprint density at radius 3 is 2.50 bits per heavy atom. The first kappa shape index (κ1) is 17.1. The van der Waals surface area contributed by atoms with Crippen molar-refractivity contribution in [3.63, 3.8) is 0 Å². The van der Waals surface area contributed by atoms with Crippen LogP contribution in [0, 0.1) is 11.2 Å². The predicted molar refractivity (Wildman–Crippen MR) is 82.3 cm³/mol. The van der Waals surface area contributed by atoms with Gasteiger partial charge in [-0.2, -0.15) is 0 Å². The first-order chi connectivity index (χ1) is 9.28. The molecule has 1 N–H and O–H groups in total. The quantitative estimate of drug-likeness (QED) is 0.803. The van der Waals surface area contributed by atoms with Crippen LogP contribution in [-0.4, -0.2) is 19.2 Å². The smallest absolute Gasteiger partial charge is 0.123 e. The molecule has 1 atom stereocenters. The Morgan fingerprint density at radius 2 is 1.95 bits per heavy atom. The van der Waals surface area contributed by atoms with Crippen molar-refractivity contribution in [1.29, 1.82) is 0 Å². The van der Waals surface area contributed by atoms with Crippen molar-refractivity contribution in [2.24, 2.45) is 5.41 Å².